The molecule has 6 nitrogen and oxygen atoms in total. The number of halogens is 3. The van der Waals surface area contributed by atoms with Crippen LogP contribution in [0.1, 0.15) is 40.8 Å². The first-order valence-electron chi connectivity index (χ1n) is 12.8. The number of anilines is 2. The van der Waals surface area contributed by atoms with Gasteiger partial charge in [0.15, 0.2) is 0 Å². The van der Waals surface area contributed by atoms with Gasteiger partial charge in [-0.2, -0.15) is 0 Å². The summed E-state index contributed by atoms with van der Waals surface area (Å²) >= 11 is 5.97. The van der Waals surface area contributed by atoms with E-state index in [-0.39, 0.29) is 4.90 Å². The second-order valence-electron chi connectivity index (χ2n) is 9.66. The topological polar surface area (TPSA) is 89.5 Å². The fourth-order valence-corrected chi connectivity index (χ4v) is 6.64. The van der Waals surface area contributed by atoms with Crippen molar-refractivity contribution in [2.45, 2.75) is 44.6 Å². The number of nitrogens with zero attached hydrogens (tertiary/aromatic N) is 1. The van der Waals surface area contributed by atoms with Crippen LogP contribution in [0.4, 0.5) is 25.0 Å². The summed E-state index contributed by atoms with van der Waals surface area (Å²) in [6.45, 7) is 5.34. The second kappa shape index (κ2) is 12.3. The third-order valence-electron chi connectivity index (χ3n) is 7.17. The van der Waals surface area contributed by atoms with Gasteiger partial charge in [0.05, 0.1) is 16.6 Å². The first-order chi connectivity index (χ1) is 19.4. The molecule has 0 fully saturated rings. The molecule has 0 heterocycles. The fraction of sp³-hybridized carbons (Fsp3) is 0.194. The van der Waals surface area contributed by atoms with E-state index in [0.717, 1.165) is 44.8 Å². The lowest BCUT2D eigenvalue weighted by atomic mass is 9.93. The van der Waals surface area contributed by atoms with Crippen molar-refractivity contribution in [3.63, 3.8) is 0 Å². The van der Waals surface area contributed by atoms with Gasteiger partial charge in [0.2, 0.25) is 0 Å². The monoisotopic (exact) mass is 597 g/mol. The van der Waals surface area contributed by atoms with Crippen LogP contribution in [-0.4, -0.2) is 14.5 Å². The van der Waals surface area contributed by atoms with Gasteiger partial charge in [-0.3, -0.25) is 4.31 Å². The predicted octanol–water partition coefficient (Wildman–Crippen LogP) is 6.73. The maximum atomic E-state index is 15.1. The minimum atomic E-state index is -4.36. The van der Waals surface area contributed by atoms with Crippen molar-refractivity contribution in [1.29, 1.82) is 0 Å². The lowest BCUT2D eigenvalue weighted by Gasteiger charge is -2.32. The third kappa shape index (κ3) is 6.52. The lowest BCUT2D eigenvalue weighted by Crippen LogP contribution is -2.35. The minimum Gasteiger partial charge on any atom is -0.530 e. The van der Waals surface area contributed by atoms with Crippen LogP contribution in [0.15, 0.2) is 83.8 Å². The van der Waals surface area contributed by atoms with Gasteiger partial charge in [0, 0.05) is 16.8 Å². The maximum absolute atomic E-state index is 15.1. The van der Waals surface area contributed by atoms with Crippen LogP contribution < -0.4 is 14.7 Å². The highest BCUT2D eigenvalue weighted by atomic mass is 35.5. The van der Waals surface area contributed by atoms with Gasteiger partial charge in [-0.25, -0.2) is 17.2 Å². The average Bonchev–Trinajstić information content (AvgIpc) is 2.93. The molecule has 10 heteroatoms. The number of amides is 1. The number of hydrogen-bond acceptors (Lipinski definition) is 4. The highest BCUT2D eigenvalue weighted by Crippen LogP contribution is 2.37. The normalized spacial score (nSPS) is 12.1. The van der Waals surface area contributed by atoms with Gasteiger partial charge < -0.3 is 15.2 Å². The first-order valence-corrected chi connectivity index (χ1v) is 14.6. The molecule has 0 spiro atoms. The summed E-state index contributed by atoms with van der Waals surface area (Å²) in [5.41, 5.74) is 4.15. The van der Waals surface area contributed by atoms with Crippen LogP contribution in [-0.2, 0) is 22.9 Å². The van der Waals surface area contributed by atoms with Crippen molar-refractivity contribution in [3.05, 3.63) is 123 Å². The molecular weight excluding hydrogens is 570 g/mol. The van der Waals surface area contributed by atoms with Gasteiger partial charge in [-0.05, 0) is 104 Å². The van der Waals surface area contributed by atoms with Crippen LogP contribution in [0.3, 0.4) is 0 Å². The molecule has 214 valence electrons. The van der Waals surface area contributed by atoms with E-state index in [9.17, 15) is 22.7 Å². The first kappa shape index (κ1) is 30.0. The number of nitrogens with one attached hydrogen (secondary N) is 1. The quantitative estimate of drug-likeness (QED) is 0.232. The van der Waals surface area contributed by atoms with Crippen LogP contribution in [0.2, 0.25) is 5.02 Å². The molecule has 0 aliphatic heterocycles. The van der Waals surface area contributed by atoms with Crippen molar-refractivity contribution in [1.82, 2.24) is 0 Å². The molecule has 0 saturated carbocycles. The Morgan fingerprint density at radius 3 is 2.27 bits per heavy atom. The van der Waals surface area contributed by atoms with E-state index in [1.54, 1.807) is 25.1 Å². The number of aryl methyl sites for hydroxylation is 2. The minimum absolute atomic E-state index is 0.119. The van der Waals surface area contributed by atoms with E-state index in [1.807, 2.05) is 32.0 Å². The van der Waals surface area contributed by atoms with Gasteiger partial charge in [0.1, 0.15) is 17.7 Å². The van der Waals surface area contributed by atoms with Crippen LogP contribution in [0.25, 0.3) is 0 Å². The van der Waals surface area contributed by atoms with Crippen LogP contribution in [0.5, 0.6) is 0 Å². The smallest absolute Gasteiger partial charge is 0.264 e. The number of sulfonamides is 1. The molecule has 0 aromatic heterocycles. The van der Waals surface area contributed by atoms with E-state index in [4.69, 9.17) is 11.6 Å². The summed E-state index contributed by atoms with van der Waals surface area (Å²) in [7, 11) is -4.36. The van der Waals surface area contributed by atoms with Gasteiger partial charge in [-0.1, -0.05) is 41.9 Å². The standard InChI is InChI=1S/C31H29ClF2N2O4S/c1-19-20(2)29(35-31(37)38)17-10-22(19)8-9-23-6-4-5-7-27(23)21(3)36(30-18-25(33)13-16-28(30)34)41(39,40)26-14-11-24(32)12-15-26/h4-7,10-18,21,35H,8-9H2,1-3H3,(H,37,38)/p-1. The van der Waals surface area contributed by atoms with Crippen molar-refractivity contribution >= 4 is 39.1 Å². The van der Waals surface area contributed by atoms with Gasteiger partial charge in [0.25, 0.3) is 10.0 Å². The molecule has 0 aliphatic rings. The van der Waals surface area contributed by atoms with Crippen molar-refractivity contribution in [3.8, 4) is 0 Å². The van der Waals surface area contributed by atoms with E-state index < -0.39 is 39.5 Å². The SMILES string of the molecule is Cc1c(CCc2ccccc2C(C)N(c2cc(F)ccc2F)S(=O)(=O)c2ccc(Cl)cc2)ccc(NC(=O)[O-])c1C. The van der Waals surface area contributed by atoms with Gasteiger partial charge >= 0.3 is 0 Å². The second-order valence-corrected chi connectivity index (χ2v) is 11.9. The third-order valence-corrected chi connectivity index (χ3v) is 9.32. The summed E-state index contributed by atoms with van der Waals surface area (Å²) < 4.78 is 58.3. The Bertz CT molecular complexity index is 1700. The maximum Gasteiger partial charge on any atom is 0.264 e. The molecule has 1 atom stereocenters. The van der Waals surface area contributed by atoms with E-state index >= 15 is 4.39 Å². The Labute approximate surface area is 243 Å². The van der Waals surface area contributed by atoms with Gasteiger partial charge in [-0.15, -0.1) is 0 Å². The predicted molar refractivity (Wildman–Crippen MR) is 155 cm³/mol. The molecule has 1 amide bonds. The highest BCUT2D eigenvalue weighted by molar-refractivity contribution is 7.92. The number of carbonyl (C=O) groups is 1. The van der Waals surface area contributed by atoms with Crippen molar-refractivity contribution < 1.29 is 27.1 Å². The summed E-state index contributed by atoms with van der Waals surface area (Å²) in [4.78, 5) is 10.9. The molecule has 1 unspecified atom stereocenters. The zero-order valence-electron chi connectivity index (χ0n) is 22.6. The fourth-order valence-electron chi connectivity index (χ4n) is 4.88. The van der Waals surface area contributed by atoms with E-state index in [2.05, 4.69) is 5.32 Å². The summed E-state index contributed by atoms with van der Waals surface area (Å²) in [6, 6.07) is 18.0. The van der Waals surface area contributed by atoms with E-state index in [1.165, 1.54) is 24.3 Å². The molecule has 0 bridgehead atoms. The van der Waals surface area contributed by atoms with Crippen LogP contribution >= 0.6 is 11.6 Å². The molecule has 0 saturated heterocycles. The molecule has 0 radical (unpaired) electrons. The zero-order valence-corrected chi connectivity index (χ0v) is 24.2. The number of rotatable bonds is 9. The molecule has 0 aliphatic carbocycles. The Kier molecular flexibility index (Phi) is 8.99. The molecule has 4 aromatic rings. The van der Waals surface area contributed by atoms with Crippen molar-refractivity contribution in [2.24, 2.45) is 0 Å². The Hall–Kier alpha value is -3.95. The molecule has 4 rings (SSSR count). The number of carbonyl (C=O) groups excluding carboxylic acids is 1. The number of hydrogen-bond donors (Lipinski definition) is 1. The summed E-state index contributed by atoms with van der Waals surface area (Å²) in [5.74, 6) is -1.66. The Balaban J connectivity index is 1.74. The van der Waals surface area contributed by atoms with Crippen LogP contribution in [0, 0.1) is 25.5 Å². The summed E-state index contributed by atoms with van der Waals surface area (Å²) in [6.07, 6.45) is -0.314. The Morgan fingerprint density at radius 1 is 0.927 bits per heavy atom. The molecule has 1 N–H and O–H groups in total. The zero-order chi connectivity index (χ0) is 29.9. The lowest BCUT2D eigenvalue weighted by molar-refractivity contribution is -0.242. The molecule has 41 heavy (non-hydrogen) atoms. The summed E-state index contributed by atoms with van der Waals surface area (Å²) in [5, 5.41) is 13.6. The Morgan fingerprint density at radius 2 is 1.59 bits per heavy atom. The number of carboxylic acid groups (broad SMARTS) is 1. The van der Waals surface area contributed by atoms with E-state index in [0.29, 0.717) is 29.1 Å². The molecule has 4 aromatic carbocycles. The average molecular weight is 598 g/mol. The molecular formula is C31H28ClF2N2O4S-. The largest absolute Gasteiger partial charge is 0.530 e. The highest BCUT2D eigenvalue weighted by Gasteiger charge is 2.33. The number of benzene rings is 4. The van der Waals surface area contributed by atoms with Crippen molar-refractivity contribution in [2.75, 3.05) is 9.62 Å².